The molecule has 1 fully saturated rings. The van der Waals surface area contributed by atoms with E-state index in [1.165, 1.54) is 10.4 Å². The predicted molar refractivity (Wildman–Crippen MR) is 89.5 cm³/mol. The third-order valence-corrected chi connectivity index (χ3v) is 6.23. The Morgan fingerprint density at radius 1 is 1.38 bits per heavy atom. The molecule has 1 aliphatic heterocycles. The molecule has 10 heteroatoms. The average Bonchev–Trinajstić information content (AvgIpc) is 2.55. The van der Waals surface area contributed by atoms with Crippen molar-refractivity contribution in [3.8, 4) is 0 Å². The fourth-order valence-electron chi connectivity index (χ4n) is 2.52. The number of non-ortho nitro benzene ring substituents is 1. The van der Waals surface area contributed by atoms with E-state index >= 15 is 0 Å². The third kappa shape index (κ3) is 4.42. The molecule has 1 saturated heterocycles. The van der Waals surface area contributed by atoms with Crippen LogP contribution in [-0.2, 0) is 14.8 Å². The second-order valence-electron chi connectivity index (χ2n) is 5.49. The lowest BCUT2D eigenvalue weighted by atomic mass is 10.1. The Morgan fingerprint density at radius 2 is 2.04 bits per heavy atom. The minimum Gasteiger partial charge on any atom is -0.378 e. The number of rotatable bonds is 7. The maximum Gasteiger partial charge on any atom is 0.271 e. The van der Waals surface area contributed by atoms with Crippen LogP contribution in [0.1, 0.15) is 19.3 Å². The van der Waals surface area contributed by atoms with Crippen LogP contribution in [0.15, 0.2) is 23.1 Å². The molecule has 1 aliphatic rings. The van der Waals surface area contributed by atoms with Gasteiger partial charge in [-0.05, 0) is 31.9 Å². The summed E-state index contributed by atoms with van der Waals surface area (Å²) in [5, 5.41) is 10.6. The Labute approximate surface area is 145 Å². The summed E-state index contributed by atoms with van der Waals surface area (Å²) < 4.78 is 32.3. The number of halogens is 1. The van der Waals surface area contributed by atoms with E-state index in [0.29, 0.717) is 39.1 Å². The van der Waals surface area contributed by atoms with Crippen molar-refractivity contribution < 1.29 is 18.1 Å². The molecule has 0 atom stereocenters. The van der Waals surface area contributed by atoms with Crippen molar-refractivity contribution in [2.24, 2.45) is 5.73 Å². The molecule has 1 heterocycles. The number of nitrogens with two attached hydrogens (primary N) is 1. The molecule has 1 aromatic carbocycles. The van der Waals surface area contributed by atoms with E-state index in [9.17, 15) is 18.5 Å². The SMILES string of the molecule is NCCCOC1CCN(S(=O)(=O)c2ccc([N+](=O)[O-])cc2Cl)CC1. The van der Waals surface area contributed by atoms with Gasteiger partial charge in [-0.25, -0.2) is 8.42 Å². The van der Waals surface area contributed by atoms with Crippen LogP contribution in [0.2, 0.25) is 5.02 Å². The largest absolute Gasteiger partial charge is 0.378 e. The predicted octanol–water partition coefficient (Wildman–Crippen LogP) is 1.77. The van der Waals surface area contributed by atoms with Gasteiger partial charge in [-0.15, -0.1) is 0 Å². The molecule has 0 saturated carbocycles. The van der Waals surface area contributed by atoms with E-state index in [1.807, 2.05) is 0 Å². The fraction of sp³-hybridized carbons (Fsp3) is 0.571. The molecule has 0 unspecified atom stereocenters. The van der Waals surface area contributed by atoms with Gasteiger partial charge >= 0.3 is 0 Å². The molecule has 0 spiro atoms. The molecule has 0 amide bonds. The third-order valence-electron chi connectivity index (χ3n) is 3.85. The Bertz CT molecular complexity index is 690. The van der Waals surface area contributed by atoms with Gasteiger partial charge in [0.1, 0.15) is 4.90 Å². The van der Waals surface area contributed by atoms with Gasteiger partial charge in [-0.2, -0.15) is 4.31 Å². The number of piperidine rings is 1. The van der Waals surface area contributed by atoms with Crippen LogP contribution in [0.5, 0.6) is 0 Å². The first kappa shape index (κ1) is 19.1. The smallest absolute Gasteiger partial charge is 0.271 e. The molecular formula is C14H20ClN3O5S. The van der Waals surface area contributed by atoms with E-state index in [-0.39, 0.29) is 21.7 Å². The maximum absolute atomic E-state index is 12.7. The van der Waals surface area contributed by atoms with E-state index in [1.54, 1.807) is 0 Å². The van der Waals surface area contributed by atoms with Crippen molar-refractivity contribution >= 4 is 27.3 Å². The average molecular weight is 378 g/mol. The Hall–Kier alpha value is -1.26. The van der Waals surface area contributed by atoms with Gasteiger partial charge in [0, 0.05) is 31.8 Å². The summed E-state index contributed by atoms with van der Waals surface area (Å²) >= 11 is 5.94. The zero-order valence-corrected chi connectivity index (χ0v) is 14.6. The normalized spacial score (nSPS) is 17.1. The van der Waals surface area contributed by atoms with Crippen LogP contribution in [0.25, 0.3) is 0 Å². The number of nitro groups is 1. The van der Waals surface area contributed by atoms with Gasteiger partial charge < -0.3 is 10.5 Å². The Balaban J connectivity index is 2.05. The Morgan fingerprint density at radius 3 is 2.58 bits per heavy atom. The number of hydrogen-bond acceptors (Lipinski definition) is 6. The minimum atomic E-state index is -3.78. The van der Waals surface area contributed by atoms with Gasteiger partial charge in [-0.3, -0.25) is 10.1 Å². The topological polar surface area (TPSA) is 116 Å². The molecule has 0 bridgehead atoms. The van der Waals surface area contributed by atoms with Crippen molar-refractivity contribution in [1.82, 2.24) is 4.31 Å². The zero-order valence-electron chi connectivity index (χ0n) is 13.1. The highest BCUT2D eigenvalue weighted by Gasteiger charge is 2.31. The standard InChI is InChI=1S/C14H20ClN3O5S/c15-13-10-11(18(19)20)2-3-14(13)24(21,22)17-7-4-12(5-8-17)23-9-1-6-16/h2-3,10,12H,1,4-9,16H2. The molecule has 134 valence electrons. The molecule has 1 aromatic rings. The first-order valence-electron chi connectivity index (χ1n) is 7.62. The van der Waals surface area contributed by atoms with Crippen LogP contribution < -0.4 is 5.73 Å². The van der Waals surface area contributed by atoms with Gasteiger partial charge in [0.25, 0.3) is 5.69 Å². The van der Waals surface area contributed by atoms with Gasteiger partial charge in [0.15, 0.2) is 0 Å². The molecular weight excluding hydrogens is 358 g/mol. The van der Waals surface area contributed by atoms with Gasteiger partial charge in [0.05, 0.1) is 16.0 Å². The molecule has 0 radical (unpaired) electrons. The zero-order chi connectivity index (χ0) is 17.7. The number of ether oxygens (including phenoxy) is 1. The van der Waals surface area contributed by atoms with E-state index in [4.69, 9.17) is 22.1 Å². The van der Waals surface area contributed by atoms with Gasteiger partial charge in [-0.1, -0.05) is 11.6 Å². The van der Waals surface area contributed by atoms with Crippen molar-refractivity contribution in [3.05, 3.63) is 33.3 Å². The second-order valence-corrected chi connectivity index (χ2v) is 7.80. The van der Waals surface area contributed by atoms with Crippen LogP contribution in [0.4, 0.5) is 5.69 Å². The highest BCUT2D eigenvalue weighted by Crippen LogP contribution is 2.30. The quantitative estimate of drug-likeness (QED) is 0.439. The fourth-order valence-corrected chi connectivity index (χ4v) is 4.51. The molecule has 0 aromatic heterocycles. The number of nitrogens with zero attached hydrogens (tertiary/aromatic N) is 2. The van der Waals surface area contributed by atoms with Crippen LogP contribution in [-0.4, -0.2) is 50.0 Å². The first-order chi connectivity index (χ1) is 11.4. The van der Waals surface area contributed by atoms with E-state index in [2.05, 4.69) is 0 Å². The summed E-state index contributed by atoms with van der Waals surface area (Å²) in [6.07, 6.45) is 1.98. The molecule has 8 nitrogen and oxygen atoms in total. The first-order valence-corrected chi connectivity index (χ1v) is 9.44. The van der Waals surface area contributed by atoms with Crippen LogP contribution in [0, 0.1) is 10.1 Å². The van der Waals surface area contributed by atoms with E-state index in [0.717, 1.165) is 18.6 Å². The van der Waals surface area contributed by atoms with Crippen molar-refractivity contribution in [2.45, 2.75) is 30.3 Å². The molecule has 0 aliphatic carbocycles. The van der Waals surface area contributed by atoms with Crippen molar-refractivity contribution in [3.63, 3.8) is 0 Å². The number of benzene rings is 1. The lowest BCUT2D eigenvalue weighted by molar-refractivity contribution is -0.384. The maximum atomic E-state index is 12.7. The van der Waals surface area contributed by atoms with Crippen LogP contribution >= 0.6 is 11.6 Å². The minimum absolute atomic E-state index is 0.0235. The summed E-state index contributed by atoms with van der Waals surface area (Å²) in [4.78, 5) is 9.99. The molecule has 24 heavy (non-hydrogen) atoms. The van der Waals surface area contributed by atoms with Gasteiger partial charge in [0.2, 0.25) is 10.0 Å². The summed E-state index contributed by atoms with van der Waals surface area (Å²) in [6, 6.07) is 3.37. The summed E-state index contributed by atoms with van der Waals surface area (Å²) in [5.74, 6) is 0. The second kappa shape index (κ2) is 8.21. The lowest BCUT2D eigenvalue weighted by Gasteiger charge is -2.31. The number of nitro benzene ring substituents is 1. The molecule has 2 rings (SSSR count). The highest BCUT2D eigenvalue weighted by atomic mass is 35.5. The lowest BCUT2D eigenvalue weighted by Crippen LogP contribution is -2.41. The summed E-state index contributed by atoms with van der Waals surface area (Å²) in [7, 11) is -3.78. The summed E-state index contributed by atoms with van der Waals surface area (Å²) in [5.41, 5.74) is 5.16. The summed E-state index contributed by atoms with van der Waals surface area (Å²) in [6.45, 7) is 1.78. The monoisotopic (exact) mass is 377 g/mol. The van der Waals surface area contributed by atoms with E-state index < -0.39 is 14.9 Å². The van der Waals surface area contributed by atoms with Crippen LogP contribution in [0.3, 0.4) is 0 Å². The number of sulfonamides is 1. The van der Waals surface area contributed by atoms with Crippen molar-refractivity contribution in [2.75, 3.05) is 26.2 Å². The highest BCUT2D eigenvalue weighted by molar-refractivity contribution is 7.89. The molecule has 2 N–H and O–H groups in total. The number of hydrogen-bond donors (Lipinski definition) is 1. The van der Waals surface area contributed by atoms with Crippen molar-refractivity contribution in [1.29, 1.82) is 0 Å². The Kier molecular flexibility index (Phi) is 6.53.